The summed E-state index contributed by atoms with van der Waals surface area (Å²) in [4.78, 5) is 22.5. The van der Waals surface area contributed by atoms with E-state index < -0.39 is 17.7 Å². The second-order valence-electron chi connectivity index (χ2n) is 8.83. The maximum Gasteiger partial charge on any atom is 0.263 e. The molecule has 2 aliphatic heterocycles. The predicted octanol–water partition coefficient (Wildman–Crippen LogP) is 4.61. The van der Waals surface area contributed by atoms with E-state index in [2.05, 4.69) is 27.0 Å². The number of carbonyl (C=O) groups excluding carboxylic acids is 1. The van der Waals surface area contributed by atoms with Gasteiger partial charge in [-0.1, -0.05) is 18.3 Å². The number of halogens is 2. The molecule has 8 heteroatoms. The van der Waals surface area contributed by atoms with Crippen molar-refractivity contribution in [2.24, 2.45) is 5.92 Å². The SMILES string of the molecule is CC(NC(=O)c1cnc(N2CCC(N3CCC[C@H](C)C3)CC2)s1)c1cc(F)ccc1F. The van der Waals surface area contributed by atoms with Gasteiger partial charge in [0.2, 0.25) is 0 Å². The van der Waals surface area contributed by atoms with Gasteiger partial charge in [-0.3, -0.25) is 9.69 Å². The zero-order chi connectivity index (χ0) is 22.0. The number of hydrogen-bond donors (Lipinski definition) is 1. The molecule has 1 amide bonds. The van der Waals surface area contributed by atoms with Gasteiger partial charge in [0.25, 0.3) is 5.91 Å². The molecule has 1 aromatic heterocycles. The summed E-state index contributed by atoms with van der Waals surface area (Å²) in [5, 5.41) is 3.60. The first-order valence-corrected chi connectivity index (χ1v) is 11.9. The zero-order valence-electron chi connectivity index (χ0n) is 18.1. The van der Waals surface area contributed by atoms with Gasteiger partial charge >= 0.3 is 0 Å². The Labute approximate surface area is 186 Å². The molecule has 2 atom stereocenters. The van der Waals surface area contributed by atoms with Crippen molar-refractivity contribution in [1.29, 1.82) is 0 Å². The Balaban J connectivity index is 1.33. The van der Waals surface area contributed by atoms with Gasteiger partial charge in [0, 0.05) is 31.2 Å². The predicted molar refractivity (Wildman–Crippen MR) is 120 cm³/mol. The van der Waals surface area contributed by atoms with Crippen LogP contribution in [0.5, 0.6) is 0 Å². The Morgan fingerprint density at radius 1 is 1.23 bits per heavy atom. The van der Waals surface area contributed by atoms with Crippen molar-refractivity contribution >= 4 is 22.4 Å². The van der Waals surface area contributed by atoms with Crippen LogP contribution in [0.1, 0.15) is 60.8 Å². The molecule has 3 heterocycles. The van der Waals surface area contributed by atoms with E-state index in [9.17, 15) is 13.6 Å². The molecule has 1 N–H and O–H groups in total. The van der Waals surface area contributed by atoms with Crippen LogP contribution in [-0.2, 0) is 0 Å². The molecule has 0 saturated carbocycles. The van der Waals surface area contributed by atoms with Gasteiger partial charge < -0.3 is 10.2 Å². The Hall–Kier alpha value is -2.06. The first-order valence-electron chi connectivity index (χ1n) is 11.1. The molecule has 5 nitrogen and oxygen atoms in total. The van der Waals surface area contributed by atoms with E-state index in [0.29, 0.717) is 10.9 Å². The maximum absolute atomic E-state index is 14.0. The van der Waals surface area contributed by atoms with Crippen LogP contribution in [0.4, 0.5) is 13.9 Å². The molecule has 2 saturated heterocycles. The standard InChI is InChI=1S/C23H30F2N4OS/c1-15-4-3-9-29(14-15)18-7-10-28(11-8-18)23-26-13-21(31-23)22(30)27-16(2)19-12-17(24)5-6-20(19)25/h5-6,12-13,15-16,18H,3-4,7-11,14H2,1-2H3,(H,27,30)/t15-,16?/m0/s1. The number of benzene rings is 1. The number of piperidine rings is 2. The third kappa shape index (κ3) is 5.23. The number of anilines is 1. The minimum Gasteiger partial charge on any atom is -0.348 e. The first-order chi connectivity index (χ1) is 14.9. The van der Waals surface area contributed by atoms with Crippen LogP contribution in [0.2, 0.25) is 0 Å². The summed E-state index contributed by atoms with van der Waals surface area (Å²) < 4.78 is 27.4. The van der Waals surface area contributed by atoms with Crippen molar-refractivity contribution in [2.75, 3.05) is 31.1 Å². The maximum atomic E-state index is 14.0. The summed E-state index contributed by atoms with van der Waals surface area (Å²) in [6.07, 6.45) is 6.43. The highest BCUT2D eigenvalue weighted by atomic mass is 32.1. The number of carbonyl (C=O) groups is 1. The van der Waals surface area contributed by atoms with Crippen LogP contribution >= 0.6 is 11.3 Å². The number of rotatable bonds is 5. The molecule has 2 fully saturated rings. The molecule has 31 heavy (non-hydrogen) atoms. The average Bonchev–Trinajstić information content (AvgIpc) is 3.26. The number of thiazole rings is 1. The third-order valence-corrected chi connectivity index (χ3v) is 7.49. The monoisotopic (exact) mass is 448 g/mol. The smallest absolute Gasteiger partial charge is 0.263 e. The molecule has 2 aliphatic rings. The Bertz CT molecular complexity index is 913. The summed E-state index contributed by atoms with van der Waals surface area (Å²) in [6.45, 7) is 8.28. The molecule has 168 valence electrons. The lowest BCUT2D eigenvalue weighted by molar-refractivity contribution is 0.0943. The highest BCUT2D eigenvalue weighted by Gasteiger charge is 2.29. The lowest BCUT2D eigenvalue weighted by Gasteiger charge is -2.41. The number of amides is 1. The van der Waals surface area contributed by atoms with E-state index >= 15 is 0 Å². The van der Waals surface area contributed by atoms with Gasteiger partial charge in [-0.05, 0) is 63.3 Å². The van der Waals surface area contributed by atoms with Crippen LogP contribution in [0.25, 0.3) is 0 Å². The van der Waals surface area contributed by atoms with E-state index in [1.54, 1.807) is 13.1 Å². The van der Waals surface area contributed by atoms with Gasteiger partial charge in [0.15, 0.2) is 5.13 Å². The zero-order valence-corrected chi connectivity index (χ0v) is 18.9. The number of hydrogen-bond acceptors (Lipinski definition) is 5. The van der Waals surface area contributed by atoms with Crippen molar-refractivity contribution in [3.05, 3.63) is 46.5 Å². The van der Waals surface area contributed by atoms with Gasteiger partial charge in [-0.25, -0.2) is 13.8 Å². The van der Waals surface area contributed by atoms with E-state index in [1.807, 2.05) is 0 Å². The first kappa shape index (κ1) is 22.1. The largest absolute Gasteiger partial charge is 0.348 e. The Morgan fingerprint density at radius 3 is 2.74 bits per heavy atom. The lowest BCUT2D eigenvalue weighted by Crippen LogP contribution is -2.48. The third-order valence-electron chi connectivity index (χ3n) is 6.43. The van der Waals surface area contributed by atoms with Gasteiger partial charge in [0.05, 0.1) is 12.2 Å². The van der Waals surface area contributed by atoms with Gasteiger partial charge in [-0.2, -0.15) is 0 Å². The molecule has 1 unspecified atom stereocenters. The second-order valence-corrected chi connectivity index (χ2v) is 9.84. The minimum absolute atomic E-state index is 0.132. The molecule has 0 spiro atoms. The van der Waals surface area contributed by atoms with E-state index in [1.165, 1.54) is 37.3 Å². The number of likely N-dealkylation sites (tertiary alicyclic amines) is 1. The number of nitrogens with zero attached hydrogens (tertiary/aromatic N) is 3. The van der Waals surface area contributed by atoms with Gasteiger partial charge in [0.1, 0.15) is 16.5 Å². The van der Waals surface area contributed by atoms with E-state index in [4.69, 9.17) is 0 Å². The fourth-order valence-electron chi connectivity index (χ4n) is 4.69. The summed E-state index contributed by atoms with van der Waals surface area (Å²) >= 11 is 1.35. The van der Waals surface area contributed by atoms with Crippen molar-refractivity contribution in [3.63, 3.8) is 0 Å². The Kier molecular flexibility index (Phi) is 6.86. The van der Waals surface area contributed by atoms with E-state index in [0.717, 1.165) is 55.2 Å². The van der Waals surface area contributed by atoms with Crippen molar-refractivity contribution < 1.29 is 13.6 Å². The topological polar surface area (TPSA) is 48.5 Å². The van der Waals surface area contributed by atoms with Crippen LogP contribution in [0.3, 0.4) is 0 Å². The Morgan fingerprint density at radius 2 is 2.00 bits per heavy atom. The molecule has 0 bridgehead atoms. The van der Waals surface area contributed by atoms with Crippen molar-refractivity contribution in [3.8, 4) is 0 Å². The van der Waals surface area contributed by atoms with Crippen LogP contribution in [0.15, 0.2) is 24.4 Å². The van der Waals surface area contributed by atoms with Gasteiger partial charge in [-0.15, -0.1) is 0 Å². The number of aromatic nitrogens is 1. The molecule has 2 aromatic rings. The molecular formula is C23H30F2N4OS. The molecule has 0 aliphatic carbocycles. The molecule has 4 rings (SSSR count). The minimum atomic E-state index is -0.642. The summed E-state index contributed by atoms with van der Waals surface area (Å²) in [5.74, 6) is -0.600. The fraction of sp³-hybridized carbons (Fsp3) is 0.565. The molecule has 0 radical (unpaired) electrons. The highest BCUT2D eigenvalue weighted by Crippen LogP contribution is 2.29. The van der Waals surface area contributed by atoms with Crippen molar-refractivity contribution in [2.45, 2.75) is 51.6 Å². The van der Waals surface area contributed by atoms with Crippen LogP contribution < -0.4 is 10.2 Å². The fourth-order valence-corrected chi connectivity index (χ4v) is 5.56. The highest BCUT2D eigenvalue weighted by molar-refractivity contribution is 7.17. The number of nitrogens with one attached hydrogen (secondary N) is 1. The molecular weight excluding hydrogens is 418 g/mol. The second kappa shape index (κ2) is 9.61. The van der Waals surface area contributed by atoms with Crippen LogP contribution in [0, 0.1) is 17.6 Å². The quantitative estimate of drug-likeness (QED) is 0.726. The molecule has 1 aromatic carbocycles. The summed E-state index contributed by atoms with van der Waals surface area (Å²) in [5.41, 5.74) is 0.132. The normalized spacial score (nSPS) is 21.8. The lowest BCUT2D eigenvalue weighted by atomic mass is 9.95. The van der Waals surface area contributed by atoms with E-state index in [-0.39, 0.29) is 11.5 Å². The summed E-state index contributed by atoms with van der Waals surface area (Å²) in [7, 11) is 0. The van der Waals surface area contributed by atoms with Crippen LogP contribution in [-0.4, -0.2) is 48.0 Å². The average molecular weight is 449 g/mol. The summed E-state index contributed by atoms with van der Waals surface area (Å²) in [6, 6.07) is 3.26. The van der Waals surface area contributed by atoms with Crippen molar-refractivity contribution in [1.82, 2.24) is 15.2 Å².